The van der Waals surface area contributed by atoms with Gasteiger partial charge >= 0.3 is 0 Å². The molecule has 0 saturated carbocycles. The first-order valence-electron chi connectivity index (χ1n) is 6.50. The van der Waals surface area contributed by atoms with E-state index in [4.69, 9.17) is 5.73 Å². The normalized spacial score (nSPS) is 12.0. The number of nitrogens with one attached hydrogen (secondary N) is 1. The van der Waals surface area contributed by atoms with Crippen LogP contribution in [0.15, 0.2) is 36.4 Å². The van der Waals surface area contributed by atoms with Gasteiger partial charge in [0.05, 0.1) is 6.04 Å². The number of nitrogens with two attached hydrogens (primary N) is 1. The monoisotopic (exact) mass is 290 g/mol. The van der Waals surface area contributed by atoms with E-state index in [0.717, 1.165) is 23.8 Å². The number of hydrogen-bond donors (Lipinski definition) is 2. The SMILES string of the molecule is Cc1cc(C(=O)NC(C)c2cc(F)ccc2F)ccc1N. The second-order valence-electron chi connectivity index (χ2n) is 4.93. The number of benzene rings is 2. The van der Waals surface area contributed by atoms with Crippen LogP contribution in [0.1, 0.15) is 34.5 Å². The number of carbonyl (C=O) groups is 1. The molecule has 0 aliphatic rings. The van der Waals surface area contributed by atoms with Crippen molar-refractivity contribution in [3.8, 4) is 0 Å². The van der Waals surface area contributed by atoms with E-state index in [1.165, 1.54) is 0 Å². The van der Waals surface area contributed by atoms with Gasteiger partial charge < -0.3 is 11.1 Å². The van der Waals surface area contributed by atoms with Crippen molar-refractivity contribution in [2.45, 2.75) is 19.9 Å². The van der Waals surface area contributed by atoms with Gasteiger partial charge in [-0.3, -0.25) is 4.79 Å². The minimum atomic E-state index is -0.647. The molecule has 21 heavy (non-hydrogen) atoms. The van der Waals surface area contributed by atoms with E-state index in [0.29, 0.717) is 11.3 Å². The molecule has 0 saturated heterocycles. The van der Waals surface area contributed by atoms with Crippen molar-refractivity contribution in [1.82, 2.24) is 5.32 Å². The third-order valence-electron chi connectivity index (χ3n) is 3.30. The Kier molecular flexibility index (Phi) is 4.21. The van der Waals surface area contributed by atoms with Crippen molar-refractivity contribution >= 4 is 11.6 Å². The van der Waals surface area contributed by atoms with Crippen LogP contribution in [0.5, 0.6) is 0 Å². The van der Waals surface area contributed by atoms with Gasteiger partial charge in [-0.25, -0.2) is 8.78 Å². The smallest absolute Gasteiger partial charge is 0.251 e. The van der Waals surface area contributed by atoms with Gasteiger partial charge in [0.1, 0.15) is 11.6 Å². The second-order valence-corrected chi connectivity index (χ2v) is 4.93. The number of carbonyl (C=O) groups excluding carboxylic acids is 1. The Morgan fingerprint density at radius 2 is 1.90 bits per heavy atom. The minimum Gasteiger partial charge on any atom is -0.399 e. The maximum atomic E-state index is 13.7. The standard InChI is InChI=1S/C16H16F2N2O/c1-9-7-11(3-6-15(9)19)16(21)20-10(2)13-8-12(17)4-5-14(13)18/h3-8,10H,19H2,1-2H3,(H,20,21). The fourth-order valence-corrected chi connectivity index (χ4v) is 2.02. The largest absolute Gasteiger partial charge is 0.399 e. The van der Waals surface area contributed by atoms with E-state index in [9.17, 15) is 13.6 Å². The van der Waals surface area contributed by atoms with Crippen LogP contribution < -0.4 is 11.1 Å². The molecule has 0 radical (unpaired) electrons. The van der Waals surface area contributed by atoms with Gasteiger partial charge in [0, 0.05) is 16.8 Å². The van der Waals surface area contributed by atoms with Crippen molar-refractivity contribution < 1.29 is 13.6 Å². The summed E-state index contributed by atoms with van der Waals surface area (Å²) in [5.74, 6) is -1.47. The molecule has 0 aliphatic heterocycles. The molecule has 0 aromatic heterocycles. The van der Waals surface area contributed by atoms with Gasteiger partial charge in [-0.15, -0.1) is 0 Å². The number of halogens is 2. The lowest BCUT2D eigenvalue weighted by atomic mass is 10.1. The summed E-state index contributed by atoms with van der Waals surface area (Å²) in [6.07, 6.45) is 0. The number of amides is 1. The highest BCUT2D eigenvalue weighted by atomic mass is 19.1. The van der Waals surface area contributed by atoms with Crippen LogP contribution in [-0.4, -0.2) is 5.91 Å². The summed E-state index contributed by atoms with van der Waals surface area (Å²) >= 11 is 0. The average Bonchev–Trinajstić information content (AvgIpc) is 2.44. The first kappa shape index (κ1) is 15.0. The Bertz CT molecular complexity index is 686. The zero-order valence-electron chi connectivity index (χ0n) is 11.8. The number of hydrogen-bond acceptors (Lipinski definition) is 2. The molecule has 1 unspecified atom stereocenters. The van der Waals surface area contributed by atoms with Crippen LogP contribution in [-0.2, 0) is 0 Å². The molecule has 0 aliphatic carbocycles. The molecule has 3 nitrogen and oxygen atoms in total. The Morgan fingerprint density at radius 1 is 1.19 bits per heavy atom. The zero-order valence-corrected chi connectivity index (χ0v) is 11.8. The first-order chi connectivity index (χ1) is 9.88. The van der Waals surface area contributed by atoms with Crippen LogP contribution in [0.3, 0.4) is 0 Å². The molecule has 1 atom stereocenters. The van der Waals surface area contributed by atoms with Gasteiger partial charge in [-0.2, -0.15) is 0 Å². The molecule has 0 heterocycles. The Morgan fingerprint density at radius 3 is 2.57 bits per heavy atom. The number of aryl methyl sites for hydroxylation is 1. The summed E-state index contributed by atoms with van der Waals surface area (Å²) in [6.45, 7) is 3.39. The van der Waals surface area contributed by atoms with E-state index in [1.54, 1.807) is 32.0 Å². The van der Waals surface area contributed by atoms with Crippen LogP contribution in [0.2, 0.25) is 0 Å². The third-order valence-corrected chi connectivity index (χ3v) is 3.30. The predicted molar refractivity (Wildman–Crippen MR) is 77.8 cm³/mol. The van der Waals surface area contributed by atoms with Gasteiger partial charge in [0.2, 0.25) is 0 Å². The summed E-state index contributed by atoms with van der Waals surface area (Å²) in [5.41, 5.74) is 7.60. The highest BCUT2D eigenvalue weighted by molar-refractivity contribution is 5.95. The van der Waals surface area contributed by atoms with Gasteiger partial charge in [-0.05, 0) is 55.8 Å². The topological polar surface area (TPSA) is 55.1 Å². The number of rotatable bonds is 3. The van der Waals surface area contributed by atoms with E-state index in [1.807, 2.05) is 0 Å². The average molecular weight is 290 g/mol. The van der Waals surface area contributed by atoms with Crippen LogP contribution in [0.4, 0.5) is 14.5 Å². The van der Waals surface area contributed by atoms with Crippen molar-refractivity contribution in [2.75, 3.05) is 5.73 Å². The molecule has 1 amide bonds. The van der Waals surface area contributed by atoms with Crippen LogP contribution >= 0.6 is 0 Å². The maximum Gasteiger partial charge on any atom is 0.251 e. The lowest BCUT2D eigenvalue weighted by Gasteiger charge is -2.15. The van der Waals surface area contributed by atoms with Crippen molar-refractivity contribution in [3.05, 3.63) is 64.7 Å². The van der Waals surface area contributed by atoms with E-state index < -0.39 is 17.7 Å². The van der Waals surface area contributed by atoms with E-state index in [-0.39, 0.29) is 11.5 Å². The van der Waals surface area contributed by atoms with Crippen LogP contribution in [0, 0.1) is 18.6 Å². The molecule has 2 aromatic rings. The highest BCUT2D eigenvalue weighted by Gasteiger charge is 2.16. The van der Waals surface area contributed by atoms with Gasteiger partial charge in [0.15, 0.2) is 0 Å². The Balaban J connectivity index is 2.18. The summed E-state index contributed by atoms with van der Waals surface area (Å²) in [4.78, 5) is 12.1. The number of anilines is 1. The van der Waals surface area contributed by atoms with Gasteiger partial charge in [0.25, 0.3) is 5.91 Å². The lowest BCUT2D eigenvalue weighted by molar-refractivity contribution is 0.0939. The van der Waals surface area contributed by atoms with E-state index >= 15 is 0 Å². The molecule has 0 spiro atoms. The molecule has 0 fully saturated rings. The predicted octanol–water partition coefficient (Wildman–Crippen LogP) is 3.35. The van der Waals surface area contributed by atoms with E-state index in [2.05, 4.69) is 5.32 Å². The van der Waals surface area contributed by atoms with Crippen molar-refractivity contribution in [3.63, 3.8) is 0 Å². The molecule has 5 heteroatoms. The quantitative estimate of drug-likeness (QED) is 0.852. The molecular formula is C16H16F2N2O. The van der Waals surface area contributed by atoms with Gasteiger partial charge in [-0.1, -0.05) is 0 Å². The number of nitrogen functional groups attached to an aromatic ring is 1. The first-order valence-corrected chi connectivity index (χ1v) is 6.50. The van der Waals surface area contributed by atoms with Crippen LogP contribution in [0.25, 0.3) is 0 Å². The Hall–Kier alpha value is -2.43. The fourth-order valence-electron chi connectivity index (χ4n) is 2.02. The minimum absolute atomic E-state index is 0.107. The zero-order chi connectivity index (χ0) is 15.6. The summed E-state index contributed by atoms with van der Waals surface area (Å²) in [6, 6.07) is 7.39. The van der Waals surface area contributed by atoms with Crippen molar-refractivity contribution in [2.24, 2.45) is 0 Å². The second kappa shape index (κ2) is 5.91. The molecule has 3 N–H and O–H groups in total. The molecule has 2 aromatic carbocycles. The highest BCUT2D eigenvalue weighted by Crippen LogP contribution is 2.19. The lowest BCUT2D eigenvalue weighted by Crippen LogP contribution is -2.27. The summed E-state index contributed by atoms with van der Waals surface area (Å²) in [7, 11) is 0. The van der Waals surface area contributed by atoms with Crippen molar-refractivity contribution in [1.29, 1.82) is 0 Å². The third kappa shape index (κ3) is 3.37. The Labute approximate surface area is 121 Å². The summed E-state index contributed by atoms with van der Waals surface area (Å²) < 4.78 is 26.8. The molecule has 110 valence electrons. The maximum absolute atomic E-state index is 13.7. The summed E-state index contributed by atoms with van der Waals surface area (Å²) in [5, 5.41) is 2.64. The molecule has 2 rings (SSSR count). The molecule has 0 bridgehead atoms. The molecular weight excluding hydrogens is 274 g/mol. The fraction of sp³-hybridized carbons (Fsp3) is 0.188.